The number of nitrogens with zero attached hydrogens (tertiary/aromatic N) is 1. The summed E-state index contributed by atoms with van der Waals surface area (Å²) in [6.07, 6.45) is 3.78. The molecule has 0 spiro atoms. The first kappa shape index (κ1) is 10.9. The highest BCUT2D eigenvalue weighted by Gasteiger charge is 2.37. The van der Waals surface area contributed by atoms with Gasteiger partial charge < -0.3 is 10.2 Å². The van der Waals surface area contributed by atoms with Crippen LogP contribution >= 0.6 is 0 Å². The van der Waals surface area contributed by atoms with Gasteiger partial charge in [0.1, 0.15) is 0 Å². The minimum absolute atomic E-state index is 0.301. The van der Waals surface area contributed by atoms with E-state index in [0.717, 1.165) is 19.0 Å². The summed E-state index contributed by atoms with van der Waals surface area (Å²) in [5.74, 6) is 1.82. The third-order valence-corrected chi connectivity index (χ3v) is 4.23. The number of piperazine rings is 1. The van der Waals surface area contributed by atoms with E-state index in [1.54, 1.807) is 0 Å². The third-order valence-electron chi connectivity index (χ3n) is 4.23. The van der Waals surface area contributed by atoms with E-state index in [1.807, 2.05) is 0 Å². The van der Waals surface area contributed by atoms with Gasteiger partial charge in [-0.1, -0.05) is 20.3 Å². The summed E-state index contributed by atoms with van der Waals surface area (Å²) in [6, 6.07) is 0.518. The molecule has 0 aromatic rings. The summed E-state index contributed by atoms with van der Waals surface area (Å²) < 4.78 is 0. The summed E-state index contributed by atoms with van der Waals surface area (Å²) in [5.41, 5.74) is 0. The minimum atomic E-state index is 0.301. The van der Waals surface area contributed by atoms with Crippen molar-refractivity contribution in [2.24, 2.45) is 11.8 Å². The largest absolute Gasteiger partial charge is 0.337 e. The molecule has 1 N–H and O–H groups in total. The van der Waals surface area contributed by atoms with Crippen molar-refractivity contribution in [3.63, 3.8) is 0 Å². The van der Waals surface area contributed by atoms with Gasteiger partial charge in [0.25, 0.3) is 0 Å². The zero-order valence-corrected chi connectivity index (χ0v) is 9.83. The second-order valence-electron chi connectivity index (χ2n) is 4.94. The molecule has 3 heteroatoms. The highest BCUT2D eigenvalue weighted by molar-refractivity contribution is 5.79. The average Bonchev–Trinajstić information content (AvgIpc) is 2.60. The van der Waals surface area contributed by atoms with Gasteiger partial charge in [0.2, 0.25) is 5.91 Å². The van der Waals surface area contributed by atoms with E-state index < -0.39 is 0 Å². The monoisotopic (exact) mass is 210 g/mol. The molecule has 0 aromatic heterocycles. The molecule has 0 bridgehead atoms. The van der Waals surface area contributed by atoms with E-state index in [0.29, 0.717) is 24.4 Å². The Labute approximate surface area is 92.2 Å². The molecule has 86 valence electrons. The normalized spacial score (nSPS) is 37.3. The molecule has 1 saturated heterocycles. The Morgan fingerprint density at radius 2 is 2.27 bits per heavy atom. The fourth-order valence-corrected chi connectivity index (χ4v) is 3.21. The Morgan fingerprint density at radius 1 is 1.47 bits per heavy atom. The van der Waals surface area contributed by atoms with Crippen molar-refractivity contribution in [3.8, 4) is 0 Å². The zero-order chi connectivity index (χ0) is 10.8. The van der Waals surface area contributed by atoms with Gasteiger partial charge >= 0.3 is 0 Å². The maximum atomic E-state index is 11.8. The second-order valence-corrected chi connectivity index (χ2v) is 4.94. The lowest BCUT2D eigenvalue weighted by Crippen LogP contribution is -2.53. The molecule has 0 aromatic carbocycles. The Hall–Kier alpha value is -0.570. The number of rotatable bonds is 2. The van der Waals surface area contributed by atoms with Crippen LogP contribution < -0.4 is 5.32 Å². The van der Waals surface area contributed by atoms with Gasteiger partial charge in [-0.15, -0.1) is 0 Å². The number of carbonyl (C=O) groups excluding carboxylic acids is 1. The number of hydrogen-bond acceptors (Lipinski definition) is 2. The molecule has 2 rings (SSSR count). The van der Waals surface area contributed by atoms with Crippen LogP contribution in [0.25, 0.3) is 0 Å². The quantitative estimate of drug-likeness (QED) is 0.744. The van der Waals surface area contributed by atoms with Crippen molar-refractivity contribution in [1.29, 1.82) is 0 Å². The van der Waals surface area contributed by atoms with Crippen LogP contribution in [0.15, 0.2) is 0 Å². The molecule has 0 radical (unpaired) electrons. The summed E-state index contributed by atoms with van der Waals surface area (Å²) in [6.45, 7) is 7.00. The summed E-state index contributed by atoms with van der Waals surface area (Å²) in [4.78, 5) is 13.9. The van der Waals surface area contributed by atoms with Crippen LogP contribution in [0.1, 0.15) is 33.1 Å². The molecule has 2 aliphatic rings. The predicted molar refractivity (Wildman–Crippen MR) is 60.5 cm³/mol. The van der Waals surface area contributed by atoms with Crippen LogP contribution in [-0.4, -0.2) is 36.5 Å². The van der Waals surface area contributed by atoms with E-state index in [2.05, 4.69) is 24.1 Å². The zero-order valence-electron chi connectivity index (χ0n) is 9.83. The lowest BCUT2D eigenvalue weighted by atomic mass is 9.92. The van der Waals surface area contributed by atoms with Gasteiger partial charge in [0.05, 0.1) is 6.54 Å². The van der Waals surface area contributed by atoms with Crippen LogP contribution in [0.5, 0.6) is 0 Å². The topological polar surface area (TPSA) is 32.3 Å². The molecule has 1 heterocycles. The molecular formula is C12H22N2O. The van der Waals surface area contributed by atoms with Crippen LogP contribution in [0, 0.1) is 11.8 Å². The average molecular weight is 210 g/mol. The first-order chi connectivity index (χ1) is 7.24. The van der Waals surface area contributed by atoms with E-state index in [4.69, 9.17) is 0 Å². The van der Waals surface area contributed by atoms with E-state index in [9.17, 15) is 4.79 Å². The molecule has 3 unspecified atom stereocenters. The van der Waals surface area contributed by atoms with Crippen molar-refractivity contribution in [2.75, 3.05) is 19.6 Å². The molecule has 3 atom stereocenters. The van der Waals surface area contributed by atoms with Gasteiger partial charge in [-0.2, -0.15) is 0 Å². The molecule has 3 nitrogen and oxygen atoms in total. The third kappa shape index (κ3) is 2.03. The summed E-state index contributed by atoms with van der Waals surface area (Å²) in [5, 5.41) is 3.14. The minimum Gasteiger partial charge on any atom is -0.337 e. The van der Waals surface area contributed by atoms with Gasteiger partial charge in [0.15, 0.2) is 0 Å². The molecule has 15 heavy (non-hydrogen) atoms. The number of hydrogen-bond donors (Lipinski definition) is 1. The highest BCUT2D eigenvalue weighted by atomic mass is 16.2. The smallest absolute Gasteiger partial charge is 0.236 e. The lowest BCUT2D eigenvalue weighted by molar-refractivity contribution is -0.135. The molecule has 1 amide bonds. The van der Waals surface area contributed by atoms with Crippen molar-refractivity contribution < 1.29 is 4.79 Å². The maximum Gasteiger partial charge on any atom is 0.236 e. The van der Waals surface area contributed by atoms with E-state index >= 15 is 0 Å². The van der Waals surface area contributed by atoms with E-state index in [-0.39, 0.29) is 0 Å². The lowest BCUT2D eigenvalue weighted by Gasteiger charge is -2.36. The summed E-state index contributed by atoms with van der Waals surface area (Å²) >= 11 is 0. The number of carbonyl (C=O) groups is 1. The Balaban J connectivity index is 2.01. The molecule has 1 aliphatic carbocycles. The van der Waals surface area contributed by atoms with Crippen molar-refractivity contribution in [2.45, 2.75) is 39.2 Å². The standard InChI is InChI=1S/C12H22N2O/c1-3-10-4-5-11(9(10)2)14-7-6-13-8-12(14)15/h9-11,13H,3-8H2,1-2H3. The van der Waals surface area contributed by atoms with Crippen LogP contribution in [0.4, 0.5) is 0 Å². The van der Waals surface area contributed by atoms with Crippen molar-refractivity contribution in [3.05, 3.63) is 0 Å². The fourth-order valence-electron chi connectivity index (χ4n) is 3.21. The first-order valence-corrected chi connectivity index (χ1v) is 6.24. The van der Waals surface area contributed by atoms with Crippen molar-refractivity contribution >= 4 is 5.91 Å². The summed E-state index contributed by atoms with van der Waals surface area (Å²) in [7, 11) is 0. The number of amides is 1. The second kappa shape index (κ2) is 4.52. The van der Waals surface area contributed by atoms with Crippen molar-refractivity contribution in [1.82, 2.24) is 10.2 Å². The molecular weight excluding hydrogens is 188 g/mol. The van der Waals surface area contributed by atoms with Gasteiger partial charge in [-0.25, -0.2) is 0 Å². The highest BCUT2D eigenvalue weighted by Crippen LogP contribution is 2.37. The Morgan fingerprint density at radius 3 is 2.87 bits per heavy atom. The Bertz CT molecular complexity index is 242. The van der Waals surface area contributed by atoms with Crippen LogP contribution in [0.3, 0.4) is 0 Å². The Kier molecular flexibility index (Phi) is 3.29. The van der Waals surface area contributed by atoms with Crippen LogP contribution in [0.2, 0.25) is 0 Å². The van der Waals surface area contributed by atoms with Gasteiger partial charge in [-0.3, -0.25) is 4.79 Å². The predicted octanol–water partition coefficient (Wildman–Crippen LogP) is 1.24. The first-order valence-electron chi connectivity index (χ1n) is 6.24. The number of nitrogens with one attached hydrogen (secondary N) is 1. The molecule has 1 saturated carbocycles. The van der Waals surface area contributed by atoms with Gasteiger partial charge in [0, 0.05) is 19.1 Å². The van der Waals surface area contributed by atoms with Crippen LogP contribution in [-0.2, 0) is 4.79 Å². The fraction of sp³-hybridized carbons (Fsp3) is 0.917. The van der Waals surface area contributed by atoms with E-state index in [1.165, 1.54) is 19.3 Å². The molecule has 1 aliphatic heterocycles. The van der Waals surface area contributed by atoms with Gasteiger partial charge in [-0.05, 0) is 24.7 Å². The maximum absolute atomic E-state index is 11.8. The SMILES string of the molecule is CCC1CCC(N2CCNCC2=O)C1C. The molecule has 2 fully saturated rings.